The normalized spacial score (nSPS) is 35.8. The van der Waals surface area contributed by atoms with Crippen molar-refractivity contribution < 1.29 is 0 Å². The summed E-state index contributed by atoms with van der Waals surface area (Å²) in [6.07, 6.45) is 16.4. The number of allylic oxidation sites excluding steroid dienone is 1. The average molecular weight is 323 g/mol. The number of aryl methyl sites for hydroxylation is 2. The van der Waals surface area contributed by atoms with E-state index in [0.29, 0.717) is 0 Å². The number of fused-ring (bicyclic) bond motifs is 2. The van der Waals surface area contributed by atoms with Crippen molar-refractivity contribution in [2.24, 2.45) is 29.6 Å². The highest BCUT2D eigenvalue weighted by molar-refractivity contribution is 5.34. The molecule has 130 valence electrons. The van der Waals surface area contributed by atoms with E-state index in [4.69, 9.17) is 0 Å². The summed E-state index contributed by atoms with van der Waals surface area (Å²) in [4.78, 5) is 0. The molecule has 3 aliphatic rings. The minimum Gasteiger partial charge on any atom is -0.103 e. The van der Waals surface area contributed by atoms with Crippen LogP contribution in [0.2, 0.25) is 0 Å². The van der Waals surface area contributed by atoms with E-state index in [2.05, 4.69) is 37.8 Å². The molecule has 0 N–H and O–H groups in total. The lowest BCUT2D eigenvalue weighted by molar-refractivity contribution is 0.0811. The van der Waals surface area contributed by atoms with E-state index >= 15 is 0 Å². The molecule has 5 atom stereocenters. The van der Waals surface area contributed by atoms with Crippen molar-refractivity contribution in [2.75, 3.05) is 0 Å². The molecule has 3 aliphatic carbocycles. The van der Waals surface area contributed by atoms with Crippen LogP contribution in [0.5, 0.6) is 0 Å². The minimum atomic E-state index is 0.817. The molecule has 2 fully saturated rings. The Labute approximate surface area is 148 Å². The molecule has 1 aromatic carbocycles. The summed E-state index contributed by atoms with van der Waals surface area (Å²) in [6.45, 7) is 6.31. The third-order valence-electron chi connectivity index (χ3n) is 7.64. The first-order chi connectivity index (χ1) is 11.8. The zero-order valence-corrected chi connectivity index (χ0v) is 15.5. The SMILES string of the molecule is C=CC1CCC2CC(C3CCc4cc(CC)ccc4C3)CCC2C1. The molecule has 4 rings (SSSR count). The van der Waals surface area contributed by atoms with Gasteiger partial charge in [0, 0.05) is 0 Å². The van der Waals surface area contributed by atoms with Crippen LogP contribution in [-0.2, 0) is 19.3 Å². The highest BCUT2D eigenvalue weighted by atomic mass is 14.4. The van der Waals surface area contributed by atoms with Crippen LogP contribution >= 0.6 is 0 Å². The van der Waals surface area contributed by atoms with Crippen LogP contribution in [0.15, 0.2) is 30.9 Å². The van der Waals surface area contributed by atoms with Crippen LogP contribution in [0.25, 0.3) is 0 Å². The Morgan fingerprint density at radius 2 is 1.67 bits per heavy atom. The van der Waals surface area contributed by atoms with Crippen molar-refractivity contribution in [2.45, 2.75) is 71.1 Å². The Morgan fingerprint density at radius 3 is 2.46 bits per heavy atom. The van der Waals surface area contributed by atoms with Gasteiger partial charge in [-0.25, -0.2) is 0 Å². The summed E-state index contributed by atoms with van der Waals surface area (Å²) in [7, 11) is 0. The molecular formula is C24H34. The van der Waals surface area contributed by atoms with Crippen LogP contribution < -0.4 is 0 Å². The smallest absolute Gasteiger partial charge is 0.0233 e. The molecule has 0 nitrogen and oxygen atoms in total. The Bertz CT molecular complexity index is 584. The second-order valence-electron chi connectivity index (χ2n) is 8.86. The van der Waals surface area contributed by atoms with E-state index in [1.54, 1.807) is 11.1 Å². The first kappa shape index (κ1) is 16.4. The maximum atomic E-state index is 4.04. The van der Waals surface area contributed by atoms with Gasteiger partial charge in [0.15, 0.2) is 0 Å². The predicted octanol–water partition coefficient (Wildman–Crippen LogP) is 6.37. The summed E-state index contributed by atoms with van der Waals surface area (Å²) in [5.41, 5.74) is 4.85. The van der Waals surface area contributed by atoms with E-state index in [1.807, 2.05) is 0 Å². The lowest BCUT2D eigenvalue weighted by Gasteiger charge is -2.44. The van der Waals surface area contributed by atoms with Gasteiger partial charge in [-0.15, -0.1) is 6.58 Å². The molecule has 0 amide bonds. The third-order valence-corrected chi connectivity index (χ3v) is 7.64. The molecule has 0 heterocycles. The summed E-state index contributed by atoms with van der Waals surface area (Å²) in [5.74, 6) is 4.83. The van der Waals surface area contributed by atoms with Crippen LogP contribution in [0.3, 0.4) is 0 Å². The summed E-state index contributed by atoms with van der Waals surface area (Å²) < 4.78 is 0. The van der Waals surface area contributed by atoms with Crippen molar-refractivity contribution in [3.05, 3.63) is 47.5 Å². The maximum Gasteiger partial charge on any atom is -0.0233 e. The Balaban J connectivity index is 1.40. The summed E-state index contributed by atoms with van der Waals surface area (Å²) in [5, 5.41) is 0. The first-order valence-electron chi connectivity index (χ1n) is 10.5. The van der Waals surface area contributed by atoms with Crippen molar-refractivity contribution in [1.82, 2.24) is 0 Å². The molecule has 0 heteroatoms. The first-order valence-corrected chi connectivity index (χ1v) is 10.5. The second-order valence-corrected chi connectivity index (χ2v) is 8.86. The van der Waals surface area contributed by atoms with E-state index in [1.165, 1.54) is 69.8 Å². The van der Waals surface area contributed by atoms with Crippen LogP contribution in [0, 0.1) is 29.6 Å². The van der Waals surface area contributed by atoms with Crippen LogP contribution in [-0.4, -0.2) is 0 Å². The lowest BCUT2D eigenvalue weighted by Crippen LogP contribution is -2.34. The largest absolute Gasteiger partial charge is 0.103 e. The predicted molar refractivity (Wildman–Crippen MR) is 103 cm³/mol. The van der Waals surface area contributed by atoms with Gasteiger partial charge in [-0.05, 0) is 110 Å². The summed E-state index contributed by atoms with van der Waals surface area (Å²) >= 11 is 0. The lowest BCUT2D eigenvalue weighted by atomic mass is 9.61. The Morgan fingerprint density at radius 1 is 0.917 bits per heavy atom. The fourth-order valence-corrected chi connectivity index (χ4v) is 6.06. The molecule has 0 saturated heterocycles. The third kappa shape index (κ3) is 3.22. The number of hydrogen-bond donors (Lipinski definition) is 0. The van der Waals surface area contributed by atoms with Crippen molar-refractivity contribution in [3.8, 4) is 0 Å². The fraction of sp³-hybridized carbons (Fsp3) is 0.667. The number of hydrogen-bond acceptors (Lipinski definition) is 0. The van der Waals surface area contributed by atoms with Gasteiger partial charge in [0.1, 0.15) is 0 Å². The Kier molecular flexibility index (Phi) is 4.83. The molecule has 0 spiro atoms. The second kappa shape index (κ2) is 7.06. The van der Waals surface area contributed by atoms with Crippen molar-refractivity contribution in [1.29, 1.82) is 0 Å². The summed E-state index contributed by atoms with van der Waals surface area (Å²) in [6, 6.07) is 7.30. The zero-order chi connectivity index (χ0) is 16.5. The molecule has 0 aromatic heterocycles. The van der Waals surface area contributed by atoms with Crippen molar-refractivity contribution in [3.63, 3.8) is 0 Å². The van der Waals surface area contributed by atoms with E-state index < -0.39 is 0 Å². The molecular weight excluding hydrogens is 288 g/mol. The van der Waals surface area contributed by atoms with Gasteiger partial charge in [0.05, 0.1) is 0 Å². The molecule has 5 unspecified atom stereocenters. The Hall–Kier alpha value is -1.04. The molecule has 0 aliphatic heterocycles. The van der Waals surface area contributed by atoms with Gasteiger partial charge < -0.3 is 0 Å². The van der Waals surface area contributed by atoms with E-state index in [-0.39, 0.29) is 0 Å². The fourth-order valence-electron chi connectivity index (χ4n) is 6.06. The van der Waals surface area contributed by atoms with Gasteiger partial charge in [0.25, 0.3) is 0 Å². The minimum absolute atomic E-state index is 0.817. The molecule has 1 aromatic rings. The van der Waals surface area contributed by atoms with Gasteiger partial charge in [0.2, 0.25) is 0 Å². The molecule has 0 radical (unpaired) electrons. The van der Waals surface area contributed by atoms with E-state index in [0.717, 1.165) is 29.6 Å². The van der Waals surface area contributed by atoms with Crippen molar-refractivity contribution >= 4 is 0 Å². The van der Waals surface area contributed by atoms with Gasteiger partial charge >= 0.3 is 0 Å². The number of rotatable bonds is 3. The molecule has 24 heavy (non-hydrogen) atoms. The standard InChI is InChI=1S/C24H34/c1-3-17-5-7-21-15-23(11-9-19(21)13-17)24-12-10-20-14-18(4-2)6-8-22(20)16-24/h3,6,8,14,17,19,21,23-24H,1,4-5,7,9-13,15-16H2,2H3. The zero-order valence-electron chi connectivity index (χ0n) is 15.5. The monoisotopic (exact) mass is 322 g/mol. The maximum absolute atomic E-state index is 4.04. The molecule has 0 bridgehead atoms. The van der Waals surface area contributed by atoms with Crippen LogP contribution in [0.4, 0.5) is 0 Å². The topological polar surface area (TPSA) is 0 Å². The van der Waals surface area contributed by atoms with Gasteiger partial charge in [-0.3, -0.25) is 0 Å². The average Bonchev–Trinajstić information content (AvgIpc) is 2.66. The highest BCUT2D eigenvalue weighted by Gasteiger charge is 2.38. The number of benzene rings is 1. The van der Waals surface area contributed by atoms with Gasteiger partial charge in [-0.2, -0.15) is 0 Å². The van der Waals surface area contributed by atoms with Crippen LogP contribution in [0.1, 0.15) is 68.6 Å². The van der Waals surface area contributed by atoms with E-state index in [9.17, 15) is 0 Å². The van der Waals surface area contributed by atoms with Gasteiger partial charge in [-0.1, -0.05) is 31.2 Å². The quantitative estimate of drug-likeness (QED) is 0.567. The highest BCUT2D eigenvalue weighted by Crippen LogP contribution is 2.48. The molecule has 2 saturated carbocycles.